The number of carbonyl (C=O) groups is 1. The number of hydrogen-bond acceptors (Lipinski definition) is 3. The summed E-state index contributed by atoms with van der Waals surface area (Å²) in [6.07, 6.45) is -3.93. The van der Waals surface area contributed by atoms with Crippen LogP contribution in [0.3, 0.4) is 0 Å². The third kappa shape index (κ3) is 1.94. The topological polar surface area (TPSA) is 55.6 Å². The molecule has 0 aromatic carbocycles. The van der Waals surface area contributed by atoms with Crippen molar-refractivity contribution in [3.63, 3.8) is 0 Å². The summed E-state index contributed by atoms with van der Waals surface area (Å²) < 4.78 is 42.7. The zero-order chi connectivity index (χ0) is 14.6. The Hall–Kier alpha value is -0.820. The van der Waals surface area contributed by atoms with E-state index in [1.807, 2.05) is 0 Å². The van der Waals surface area contributed by atoms with Gasteiger partial charge in [-0.2, -0.15) is 13.2 Å². The number of nitrogens with two attached hydrogens (primary N) is 1. The van der Waals surface area contributed by atoms with E-state index in [1.165, 1.54) is 0 Å². The Balaban J connectivity index is 2.18. The van der Waals surface area contributed by atoms with Crippen LogP contribution >= 0.6 is 0 Å². The highest BCUT2D eigenvalue weighted by Crippen LogP contribution is 2.58. The maximum atomic E-state index is 12.4. The largest absolute Gasteiger partial charge is 0.406 e. The molecule has 2 fully saturated rings. The van der Waals surface area contributed by atoms with Gasteiger partial charge in [0.1, 0.15) is 12.1 Å². The maximum absolute atomic E-state index is 12.4. The fourth-order valence-electron chi connectivity index (χ4n) is 3.47. The van der Waals surface area contributed by atoms with Crippen LogP contribution < -0.4 is 5.73 Å². The molecular weight excluding hydrogens is 261 g/mol. The summed E-state index contributed by atoms with van der Waals surface area (Å²) in [6.45, 7) is 2.78. The van der Waals surface area contributed by atoms with Crippen LogP contribution in [-0.2, 0) is 9.53 Å². The molecule has 1 saturated carbocycles. The minimum absolute atomic E-state index is 0.138. The molecule has 3 unspecified atom stereocenters. The average Bonchev–Trinajstić information content (AvgIpc) is 2.72. The second-order valence-corrected chi connectivity index (χ2v) is 6.05. The number of nitrogens with zero attached hydrogens (tertiary/aromatic N) is 1. The minimum Gasteiger partial charge on any atom is -0.377 e. The monoisotopic (exact) mass is 280 g/mol. The van der Waals surface area contributed by atoms with Gasteiger partial charge in [-0.1, -0.05) is 13.8 Å². The predicted molar refractivity (Wildman–Crippen MR) is 62.2 cm³/mol. The number of hydrogen-bond donors (Lipinski definition) is 1. The molecule has 0 bridgehead atoms. The van der Waals surface area contributed by atoms with E-state index >= 15 is 0 Å². The van der Waals surface area contributed by atoms with Gasteiger partial charge < -0.3 is 15.4 Å². The van der Waals surface area contributed by atoms with Crippen LogP contribution in [0.2, 0.25) is 0 Å². The second-order valence-electron chi connectivity index (χ2n) is 6.05. The van der Waals surface area contributed by atoms with Gasteiger partial charge >= 0.3 is 6.18 Å². The van der Waals surface area contributed by atoms with E-state index in [0.717, 1.165) is 7.05 Å². The molecule has 1 amide bonds. The highest BCUT2D eigenvalue weighted by atomic mass is 19.4. The molecule has 0 aromatic rings. The number of amides is 1. The van der Waals surface area contributed by atoms with Gasteiger partial charge in [0.05, 0.1) is 6.10 Å². The molecule has 1 saturated heterocycles. The average molecular weight is 280 g/mol. The van der Waals surface area contributed by atoms with Gasteiger partial charge in [-0.15, -0.1) is 0 Å². The molecule has 1 aliphatic carbocycles. The lowest BCUT2D eigenvalue weighted by Crippen LogP contribution is -2.80. The zero-order valence-corrected chi connectivity index (χ0v) is 11.3. The number of halogens is 3. The van der Waals surface area contributed by atoms with E-state index in [1.54, 1.807) is 13.8 Å². The Morgan fingerprint density at radius 3 is 2.58 bits per heavy atom. The van der Waals surface area contributed by atoms with Crippen molar-refractivity contribution >= 4 is 5.91 Å². The van der Waals surface area contributed by atoms with Crippen molar-refractivity contribution in [1.29, 1.82) is 0 Å². The van der Waals surface area contributed by atoms with Crippen molar-refractivity contribution in [3.8, 4) is 0 Å². The highest BCUT2D eigenvalue weighted by Gasteiger charge is 2.71. The Morgan fingerprint density at radius 2 is 2.05 bits per heavy atom. The summed E-state index contributed by atoms with van der Waals surface area (Å²) in [5.74, 6) is -0.841. The van der Waals surface area contributed by atoms with Crippen molar-refractivity contribution in [2.75, 3.05) is 20.2 Å². The van der Waals surface area contributed by atoms with Gasteiger partial charge in [-0.25, -0.2) is 0 Å². The smallest absolute Gasteiger partial charge is 0.377 e. The number of carbonyl (C=O) groups excluding carboxylic acids is 1. The van der Waals surface area contributed by atoms with Crippen LogP contribution in [0.25, 0.3) is 0 Å². The number of rotatable bonds is 2. The van der Waals surface area contributed by atoms with Gasteiger partial charge in [0.25, 0.3) is 0 Å². The van der Waals surface area contributed by atoms with E-state index in [4.69, 9.17) is 10.5 Å². The van der Waals surface area contributed by atoms with Crippen LogP contribution in [0.1, 0.15) is 20.3 Å². The Kier molecular flexibility index (Phi) is 3.14. The number of fused-ring (bicyclic) bond motifs is 1. The Bertz CT molecular complexity index is 397. The molecule has 2 rings (SSSR count). The molecule has 2 aliphatic rings. The van der Waals surface area contributed by atoms with Crippen molar-refractivity contribution in [3.05, 3.63) is 0 Å². The molecule has 3 atom stereocenters. The van der Waals surface area contributed by atoms with Gasteiger partial charge in [-0.05, 0) is 6.42 Å². The lowest BCUT2D eigenvalue weighted by molar-refractivity contribution is -0.193. The third-order valence-corrected chi connectivity index (χ3v) is 4.57. The first kappa shape index (κ1) is 14.6. The SMILES string of the molecule is CN(CC(F)(F)F)C(=O)C1(N)C2CCOC2C1(C)C. The van der Waals surface area contributed by atoms with E-state index < -0.39 is 29.6 Å². The van der Waals surface area contributed by atoms with Crippen LogP contribution in [0.15, 0.2) is 0 Å². The van der Waals surface area contributed by atoms with Crippen molar-refractivity contribution in [1.82, 2.24) is 4.90 Å². The van der Waals surface area contributed by atoms with Crippen LogP contribution in [0, 0.1) is 11.3 Å². The van der Waals surface area contributed by atoms with Gasteiger partial charge in [0.15, 0.2) is 0 Å². The number of ether oxygens (including phenoxy) is 1. The second kappa shape index (κ2) is 4.09. The van der Waals surface area contributed by atoms with E-state index in [-0.39, 0.29) is 12.0 Å². The normalized spacial score (nSPS) is 36.6. The minimum atomic E-state index is -4.42. The van der Waals surface area contributed by atoms with Crippen LogP contribution in [0.4, 0.5) is 13.2 Å². The van der Waals surface area contributed by atoms with Crippen LogP contribution in [0.5, 0.6) is 0 Å². The van der Waals surface area contributed by atoms with Crippen molar-refractivity contribution < 1.29 is 22.7 Å². The Morgan fingerprint density at radius 1 is 1.47 bits per heavy atom. The standard InChI is InChI=1S/C12H19F3N2O2/c1-10(2)8-7(4-5-19-8)12(10,16)9(18)17(3)6-11(13,14)15/h7-8H,4-6,16H2,1-3H3. The molecule has 2 N–H and O–H groups in total. The van der Waals surface area contributed by atoms with Crippen molar-refractivity contribution in [2.24, 2.45) is 17.1 Å². The van der Waals surface area contributed by atoms with E-state index in [9.17, 15) is 18.0 Å². The summed E-state index contributed by atoms with van der Waals surface area (Å²) in [7, 11) is 1.14. The molecule has 19 heavy (non-hydrogen) atoms. The van der Waals surface area contributed by atoms with E-state index in [0.29, 0.717) is 17.9 Å². The summed E-state index contributed by atoms with van der Waals surface area (Å²) in [5, 5.41) is 0. The fraction of sp³-hybridized carbons (Fsp3) is 0.917. The van der Waals surface area contributed by atoms with Crippen LogP contribution in [-0.4, -0.2) is 48.8 Å². The number of alkyl halides is 3. The molecule has 0 spiro atoms. The maximum Gasteiger partial charge on any atom is 0.406 e. The molecule has 0 radical (unpaired) electrons. The first-order valence-corrected chi connectivity index (χ1v) is 6.24. The van der Waals surface area contributed by atoms with E-state index in [2.05, 4.69) is 0 Å². The molecule has 1 heterocycles. The first-order valence-electron chi connectivity index (χ1n) is 6.24. The van der Waals surface area contributed by atoms with Crippen molar-refractivity contribution in [2.45, 2.75) is 38.1 Å². The van der Waals surface area contributed by atoms with Gasteiger partial charge in [0.2, 0.25) is 5.91 Å². The summed E-state index contributed by atoms with van der Waals surface area (Å²) in [5.41, 5.74) is 4.27. The summed E-state index contributed by atoms with van der Waals surface area (Å²) in [6, 6.07) is 0. The molecule has 1 aliphatic heterocycles. The quantitative estimate of drug-likeness (QED) is 0.825. The molecular formula is C12H19F3N2O2. The fourth-order valence-corrected chi connectivity index (χ4v) is 3.47. The lowest BCUT2D eigenvalue weighted by Gasteiger charge is -2.61. The predicted octanol–water partition coefficient (Wildman–Crippen LogP) is 1.15. The summed E-state index contributed by atoms with van der Waals surface area (Å²) >= 11 is 0. The molecule has 4 nitrogen and oxygen atoms in total. The van der Waals surface area contributed by atoms with Gasteiger partial charge in [0, 0.05) is 25.0 Å². The number of likely N-dealkylation sites (N-methyl/N-ethyl adjacent to an activating group) is 1. The lowest BCUT2D eigenvalue weighted by atomic mass is 9.47. The first-order chi connectivity index (χ1) is 8.52. The Labute approximate surface area is 110 Å². The molecule has 110 valence electrons. The van der Waals surface area contributed by atoms with Gasteiger partial charge in [-0.3, -0.25) is 4.79 Å². The molecule has 7 heteroatoms. The third-order valence-electron chi connectivity index (χ3n) is 4.57. The highest BCUT2D eigenvalue weighted by molar-refractivity contribution is 5.89. The zero-order valence-electron chi connectivity index (χ0n) is 11.3. The molecule has 0 aromatic heterocycles. The summed E-state index contributed by atoms with van der Waals surface area (Å²) in [4.78, 5) is 13.0.